The third-order valence-electron chi connectivity index (χ3n) is 1.94. The third-order valence-corrected chi connectivity index (χ3v) is 2.67. The molecule has 0 aliphatic carbocycles. The van der Waals surface area contributed by atoms with Crippen molar-refractivity contribution < 1.29 is 4.80 Å². The van der Waals surface area contributed by atoms with Crippen LogP contribution in [0.5, 0.6) is 0 Å². The summed E-state index contributed by atoms with van der Waals surface area (Å²) < 4.78 is 0. The van der Waals surface area contributed by atoms with Crippen LogP contribution in [0.1, 0.15) is 25.3 Å². The lowest BCUT2D eigenvalue weighted by Gasteiger charge is -2.04. The average Bonchev–Trinajstić information content (AvgIpc) is 2.15. The van der Waals surface area contributed by atoms with Crippen LogP contribution in [0.25, 0.3) is 0 Å². The van der Waals surface area contributed by atoms with Gasteiger partial charge in [-0.2, -0.15) is 0 Å². The molecular weight excluding hydrogens is 164 g/mol. The second kappa shape index (κ2) is 5.12. The molecule has 0 aromatic heterocycles. The number of rotatable bonds is 4. The maximum Gasteiger partial charge on any atom is 0.265 e. The van der Waals surface area contributed by atoms with Crippen molar-refractivity contribution in [3.63, 3.8) is 0 Å². The predicted octanol–water partition coefficient (Wildman–Crippen LogP) is 1.27. The second-order valence-electron chi connectivity index (χ2n) is 2.87. The van der Waals surface area contributed by atoms with Gasteiger partial charge in [0.2, 0.25) is 0 Å². The van der Waals surface area contributed by atoms with E-state index in [9.17, 15) is 0 Å². The Bertz CT molecular complexity index is 235. The zero-order valence-electron chi connectivity index (χ0n) is 7.38. The summed E-state index contributed by atoms with van der Waals surface area (Å²) in [7, 11) is -0.0599. The van der Waals surface area contributed by atoms with E-state index in [-0.39, 0.29) is 9.76 Å². The normalized spacial score (nSPS) is 10.2. The van der Waals surface area contributed by atoms with Crippen LogP contribution in [0.4, 0.5) is 0 Å². The number of hydrogen-bond donors (Lipinski definition) is 1. The molecule has 0 bridgehead atoms. The minimum atomic E-state index is -0.0599. The molecule has 64 valence electrons. The summed E-state index contributed by atoms with van der Waals surface area (Å²) in [6.07, 6.45) is 3.52. The Balaban J connectivity index is 2.68. The standard InChI is InChI=1S/C10H14OSi/c1-2-3-6-9-7-4-5-8-10(9)12-11/h4-5,7-8,11H,2-3,6H2,1H3. The molecule has 0 saturated heterocycles. The fourth-order valence-corrected chi connectivity index (χ4v) is 1.74. The second-order valence-corrected chi connectivity index (χ2v) is 3.63. The monoisotopic (exact) mass is 178 g/mol. The first-order valence-corrected chi connectivity index (χ1v) is 5.31. The van der Waals surface area contributed by atoms with Crippen molar-refractivity contribution in [3.05, 3.63) is 29.8 Å². The van der Waals surface area contributed by atoms with Crippen LogP contribution >= 0.6 is 0 Å². The van der Waals surface area contributed by atoms with Crippen LogP contribution in [-0.4, -0.2) is 14.6 Å². The van der Waals surface area contributed by atoms with E-state index in [1.807, 2.05) is 18.2 Å². The van der Waals surface area contributed by atoms with Gasteiger partial charge in [-0.25, -0.2) is 0 Å². The summed E-state index contributed by atoms with van der Waals surface area (Å²) in [5, 5.41) is 1.10. The van der Waals surface area contributed by atoms with Gasteiger partial charge in [0.25, 0.3) is 9.76 Å². The molecule has 2 radical (unpaired) electrons. The Morgan fingerprint density at radius 2 is 2.08 bits per heavy atom. The molecule has 0 aliphatic rings. The molecule has 1 nitrogen and oxygen atoms in total. The highest BCUT2D eigenvalue weighted by Gasteiger charge is 1.99. The largest absolute Gasteiger partial charge is 0.428 e. The molecule has 1 N–H and O–H groups in total. The number of unbranched alkanes of at least 4 members (excludes halogenated alkanes) is 1. The summed E-state index contributed by atoms with van der Waals surface area (Å²) >= 11 is 0. The molecule has 0 amide bonds. The average molecular weight is 178 g/mol. The van der Waals surface area contributed by atoms with Gasteiger partial charge in [-0.3, -0.25) is 0 Å². The first-order chi connectivity index (χ1) is 5.88. The predicted molar refractivity (Wildman–Crippen MR) is 52.7 cm³/mol. The van der Waals surface area contributed by atoms with Gasteiger partial charge in [-0.1, -0.05) is 37.6 Å². The highest BCUT2D eigenvalue weighted by Crippen LogP contribution is 2.01. The topological polar surface area (TPSA) is 20.2 Å². The van der Waals surface area contributed by atoms with E-state index in [1.165, 1.54) is 18.4 Å². The lowest BCUT2D eigenvalue weighted by Crippen LogP contribution is -2.18. The van der Waals surface area contributed by atoms with E-state index in [0.717, 1.165) is 11.6 Å². The van der Waals surface area contributed by atoms with Gasteiger partial charge >= 0.3 is 0 Å². The fourth-order valence-electron chi connectivity index (χ4n) is 1.21. The fraction of sp³-hybridized carbons (Fsp3) is 0.400. The molecule has 1 rings (SSSR count). The zero-order chi connectivity index (χ0) is 8.81. The van der Waals surface area contributed by atoms with Crippen LogP contribution in [0, 0.1) is 0 Å². The Morgan fingerprint density at radius 1 is 1.33 bits per heavy atom. The van der Waals surface area contributed by atoms with Crippen LogP contribution in [0.3, 0.4) is 0 Å². The lowest BCUT2D eigenvalue weighted by molar-refractivity contribution is 0.614. The van der Waals surface area contributed by atoms with Gasteiger partial charge in [0.15, 0.2) is 0 Å². The van der Waals surface area contributed by atoms with Crippen LogP contribution in [-0.2, 0) is 6.42 Å². The van der Waals surface area contributed by atoms with Gasteiger partial charge in [-0.05, 0) is 23.6 Å². The molecule has 0 spiro atoms. The summed E-state index contributed by atoms with van der Waals surface area (Å²) in [4.78, 5) is 9.05. The van der Waals surface area contributed by atoms with Crippen molar-refractivity contribution in [2.24, 2.45) is 0 Å². The smallest absolute Gasteiger partial charge is 0.265 e. The van der Waals surface area contributed by atoms with Gasteiger partial charge in [0, 0.05) is 0 Å². The van der Waals surface area contributed by atoms with E-state index in [2.05, 4.69) is 13.0 Å². The van der Waals surface area contributed by atoms with Crippen molar-refractivity contribution in [1.82, 2.24) is 0 Å². The highest BCUT2D eigenvalue weighted by atomic mass is 28.2. The van der Waals surface area contributed by atoms with Gasteiger partial charge < -0.3 is 4.80 Å². The number of benzene rings is 1. The highest BCUT2D eigenvalue weighted by molar-refractivity contribution is 6.46. The minimum absolute atomic E-state index is 0.0599. The quantitative estimate of drug-likeness (QED) is 0.688. The van der Waals surface area contributed by atoms with E-state index in [0.29, 0.717) is 0 Å². The maximum absolute atomic E-state index is 9.05. The first kappa shape index (κ1) is 9.48. The van der Waals surface area contributed by atoms with Crippen LogP contribution in [0.15, 0.2) is 24.3 Å². The van der Waals surface area contributed by atoms with E-state index < -0.39 is 0 Å². The summed E-state index contributed by atoms with van der Waals surface area (Å²) in [6.45, 7) is 2.18. The van der Waals surface area contributed by atoms with E-state index in [4.69, 9.17) is 4.80 Å². The Morgan fingerprint density at radius 3 is 2.75 bits per heavy atom. The van der Waals surface area contributed by atoms with E-state index >= 15 is 0 Å². The molecule has 0 fully saturated rings. The molecule has 0 aliphatic heterocycles. The van der Waals surface area contributed by atoms with Crippen LogP contribution < -0.4 is 5.19 Å². The Labute approximate surface area is 76.4 Å². The summed E-state index contributed by atoms with van der Waals surface area (Å²) in [6, 6.07) is 8.13. The van der Waals surface area contributed by atoms with Crippen molar-refractivity contribution >= 4 is 14.9 Å². The lowest BCUT2D eigenvalue weighted by atomic mass is 10.1. The van der Waals surface area contributed by atoms with Crippen molar-refractivity contribution in [2.75, 3.05) is 0 Å². The summed E-state index contributed by atoms with van der Waals surface area (Å²) in [5.74, 6) is 0. The van der Waals surface area contributed by atoms with E-state index in [1.54, 1.807) is 0 Å². The molecule has 0 saturated carbocycles. The van der Waals surface area contributed by atoms with Gasteiger partial charge in [0.05, 0.1) is 0 Å². The molecule has 0 atom stereocenters. The maximum atomic E-state index is 9.05. The van der Waals surface area contributed by atoms with Gasteiger partial charge in [-0.15, -0.1) is 0 Å². The van der Waals surface area contributed by atoms with Crippen molar-refractivity contribution in [3.8, 4) is 0 Å². The minimum Gasteiger partial charge on any atom is -0.428 e. The zero-order valence-corrected chi connectivity index (χ0v) is 8.38. The van der Waals surface area contributed by atoms with Crippen molar-refractivity contribution in [1.29, 1.82) is 0 Å². The number of hydrogen-bond acceptors (Lipinski definition) is 1. The van der Waals surface area contributed by atoms with Crippen molar-refractivity contribution in [2.45, 2.75) is 26.2 Å². The Hall–Kier alpha value is -0.603. The Kier molecular flexibility index (Phi) is 4.04. The molecule has 1 aromatic carbocycles. The van der Waals surface area contributed by atoms with Gasteiger partial charge in [0.1, 0.15) is 0 Å². The van der Waals surface area contributed by atoms with Crippen LogP contribution in [0.2, 0.25) is 0 Å². The molecule has 12 heavy (non-hydrogen) atoms. The molecular formula is C10H14OSi. The molecule has 0 unspecified atom stereocenters. The first-order valence-electron chi connectivity index (χ1n) is 4.36. The molecule has 2 heteroatoms. The number of aryl methyl sites for hydroxylation is 1. The SMILES string of the molecule is CCCCc1ccccc1[Si]O. The molecule has 0 heterocycles. The molecule has 1 aromatic rings. The third kappa shape index (κ3) is 2.46. The summed E-state index contributed by atoms with van der Waals surface area (Å²) in [5.41, 5.74) is 1.31.